The highest BCUT2D eigenvalue weighted by atomic mass is 19.1. The molecular formula is C20H21FN2O3. The molecule has 0 aromatic heterocycles. The number of carbonyl (C=O) groups excluding carboxylic acids is 2. The van der Waals surface area contributed by atoms with Gasteiger partial charge >= 0.3 is 11.8 Å². The van der Waals surface area contributed by atoms with E-state index in [1.807, 2.05) is 24.3 Å². The summed E-state index contributed by atoms with van der Waals surface area (Å²) < 4.78 is 13.6. The maximum Gasteiger partial charge on any atom is 0.313 e. The molecule has 0 fully saturated rings. The number of amides is 2. The van der Waals surface area contributed by atoms with E-state index < -0.39 is 17.6 Å². The fourth-order valence-corrected chi connectivity index (χ4v) is 3.37. The molecule has 1 aliphatic rings. The number of nitrogens with one attached hydrogen (secondary N) is 2. The van der Waals surface area contributed by atoms with Crippen molar-refractivity contribution < 1.29 is 19.1 Å². The van der Waals surface area contributed by atoms with E-state index in [9.17, 15) is 19.1 Å². The van der Waals surface area contributed by atoms with Gasteiger partial charge in [0.05, 0.1) is 6.04 Å². The van der Waals surface area contributed by atoms with E-state index in [1.165, 1.54) is 12.1 Å². The molecule has 2 atom stereocenters. The van der Waals surface area contributed by atoms with Crippen LogP contribution in [0.4, 0.5) is 10.1 Å². The van der Waals surface area contributed by atoms with Crippen molar-refractivity contribution in [1.82, 2.24) is 5.32 Å². The Hall–Kier alpha value is -2.73. The molecule has 1 aliphatic carbocycles. The number of carbonyl (C=O) groups is 2. The van der Waals surface area contributed by atoms with Gasteiger partial charge in [0.1, 0.15) is 5.82 Å². The number of fused-ring (bicyclic) bond motifs is 1. The summed E-state index contributed by atoms with van der Waals surface area (Å²) in [5, 5.41) is 14.5. The van der Waals surface area contributed by atoms with E-state index in [0.717, 1.165) is 17.5 Å². The van der Waals surface area contributed by atoms with Crippen molar-refractivity contribution in [3.05, 3.63) is 65.0 Å². The zero-order valence-electron chi connectivity index (χ0n) is 14.5. The highest BCUT2D eigenvalue weighted by molar-refractivity contribution is 6.39. The molecule has 0 radical (unpaired) electrons. The third-order valence-electron chi connectivity index (χ3n) is 4.77. The van der Waals surface area contributed by atoms with Crippen LogP contribution in [-0.4, -0.2) is 23.5 Å². The third kappa shape index (κ3) is 3.75. The third-order valence-corrected chi connectivity index (χ3v) is 4.77. The molecule has 3 N–H and O–H groups in total. The molecule has 0 saturated heterocycles. The lowest BCUT2D eigenvalue weighted by molar-refractivity contribution is -0.136. The topological polar surface area (TPSA) is 78.4 Å². The van der Waals surface area contributed by atoms with Crippen molar-refractivity contribution in [2.24, 2.45) is 5.92 Å². The average Bonchev–Trinajstić information content (AvgIpc) is 2.96. The fourth-order valence-electron chi connectivity index (χ4n) is 3.37. The largest absolute Gasteiger partial charge is 0.396 e. The Morgan fingerprint density at radius 3 is 2.69 bits per heavy atom. The van der Waals surface area contributed by atoms with E-state index in [0.29, 0.717) is 12.0 Å². The lowest BCUT2D eigenvalue weighted by Gasteiger charge is -2.21. The van der Waals surface area contributed by atoms with E-state index >= 15 is 0 Å². The molecule has 2 aromatic rings. The molecule has 2 amide bonds. The first kappa shape index (κ1) is 18.1. The highest BCUT2D eigenvalue weighted by Crippen LogP contribution is 2.37. The molecule has 0 saturated carbocycles. The van der Waals surface area contributed by atoms with Crippen molar-refractivity contribution in [1.29, 1.82) is 0 Å². The molecule has 3 rings (SSSR count). The molecule has 136 valence electrons. The second-order valence-corrected chi connectivity index (χ2v) is 6.54. The summed E-state index contributed by atoms with van der Waals surface area (Å²) in [5.74, 6) is -2.04. The predicted octanol–water partition coefficient (Wildman–Crippen LogP) is 2.48. The van der Waals surface area contributed by atoms with Crippen LogP contribution in [0.2, 0.25) is 0 Å². The minimum Gasteiger partial charge on any atom is -0.396 e. The van der Waals surface area contributed by atoms with Gasteiger partial charge in [-0.25, -0.2) is 4.39 Å². The first-order valence-corrected chi connectivity index (χ1v) is 8.56. The maximum atomic E-state index is 13.6. The van der Waals surface area contributed by atoms with E-state index in [4.69, 9.17) is 0 Å². The van der Waals surface area contributed by atoms with Crippen LogP contribution in [0.1, 0.15) is 29.2 Å². The SMILES string of the molecule is Cc1ccc(NC(=O)C(=O)N[C@H]2c3ccccc3C[C@@H]2CCO)cc1F. The summed E-state index contributed by atoms with van der Waals surface area (Å²) in [6.45, 7) is 1.63. The van der Waals surface area contributed by atoms with Gasteiger partial charge in [0.25, 0.3) is 0 Å². The monoisotopic (exact) mass is 356 g/mol. The van der Waals surface area contributed by atoms with Crippen molar-refractivity contribution in [3.63, 3.8) is 0 Å². The van der Waals surface area contributed by atoms with Gasteiger partial charge in [-0.05, 0) is 54.5 Å². The van der Waals surface area contributed by atoms with Crippen LogP contribution >= 0.6 is 0 Å². The standard InChI is InChI=1S/C20H21FN2O3/c1-12-6-7-15(11-17(12)21)22-19(25)20(26)23-18-14(8-9-24)10-13-4-2-3-5-16(13)18/h2-7,11,14,18,24H,8-10H2,1H3,(H,22,25)(H,23,26)/t14-,18+/m0/s1. The Balaban J connectivity index is 1.71. The lowest BCUT2D eigenvalue weighted by atomic mass is 9.97. The Bertz CT molecular complexity index is 838. The molecule has 0 heterocycles. The molecule has 5 nitrogen and oxygen atoms in total. The summed E-state index contributed by atoms with van der Waals surface area (Å²) >= 11 is 0. The minimum absolute atomic E-state index is 0.0138. The van der Waals surface area contributed by atoms with Crippen LogP contribution < -0.4 is 10.6 Å². The number of aryl methyl sites for hydroxylation is 1. The first-order valence-electron chi connectivity index (χ1n) is 8.56. The quantitative estimate of drug-likeness (QED) is 0.737. The van der Waals surface area contributed by atoms with Crippen molar-refractivity contribution in [2.45, 2.75) is 25.8 Å². The molecular weight excluding hydrogens is 335 g/mol. The zero-order chi connectivity index (χ0) is 18.7. The van der Waals surface area contributed by atoms with Crippen LogP contribution in [0, 0.1) is 18.7 Å². The minimum atomic E-state index is -0.847. The number of halogens is 1. The summed E-state index contributed by atoms with van der Waals surface area (Å²) in [6, 6.07) is 11.7. The van der Waals surface area contributed by atoms with Crippen LogP contribution in [-0.2, 0) is 16.0 Å². The Labute approximate surface area is 151 Å². The van der Waals surface area contributed by atoms with Crippen molar-refractivity contribution in [2.75, 3.05) is 11.9 Å². The van der Waals surface area contributed by atoms with E-state index in [2.05, 4.69) is 10.6 Å². The summed E-state index contributed by atoms with van der Waals surface area (Å²) in [4.78, 5) is 24.5. The van der Waals surface area contributed by atoms with Crippen molar-refractivity contribution in [3.8, 4) is 0 Å². The molecule has 0 aliphatic heterocycles. The molecule has 0 bridgehead atoms. The number of rotatable bonds is 4. The number of hydrogen-bond acceptors (Lipinski definition) is 3. The van der Waals surface area contributed by atoms with Crippen LogP contribution in [0.3, 0.4) is 0 Å². The van der Waals surface area contributed by atoms with Crippen LogP contribution in [0.25, 0.3) is 0 Å². The lowest BCUT2D eigenvalue weighted by Crippen LogP contribution is -2.39. The number of aliphatic hydroxyl groups is 1. The summed E-state index contributed by atoms with van der Waals surface area (Å²) in [7, 11) is 0. The molecule has 2 aromatic carbocycles. The van der Waals surface area contributed by atoms with E-state index in [1.54, 1.807) is 13.0 Å². The second-order valence-electron chi connectivity index (χ2n) is 6.54. The van der Waals surface area contributed by atoms with Gasteiger partial charge < -0.3 is 15.7 Å². The average molecular weight is 356 g/mol. The number of hydrogen-bond donors (Lipinski definition) is 3. The predicted molar refractivity (Wildman–Crippen MR) is 96.0 cm³/mol. The first-order chi connectivity index (χ1) is 12.5. The maximum absolute atomic E-state index is 13.6. The molecule has 6 heteroatoms. The van der Waals surface area contributed by atoms with Gasteiger partial charge in [-0.1, -0.05) is 30.3 Å². The zero-order valence-corrected chi connectivity index (χ0v) is 14.5. The van der Waals surface area contributed by atoms with Crippen LogP contribution in [0.5, 0.6) is 0 Å². The number of benzene rings is 2. The molecule has 0 unspecified atom stereocenters. The Kier molecular flexibility index (Phi) is 5.32. The van der Waals surface area contributed by atoms with Gasteiger partial charge in [-0.15, -0.1) is 0 Å². The number of aliphatic hydroxyl groups excluding tert-OH is 1. The normalized spacial score (nSPS) is 18.3. The van der Waals surface area contributed by atoms with Gasteiger partial charge in [-0.2, -0.15) is 0 Å². The van der Waals surface area contributed by atoms with Crippen LogP contribution in [0.15, 0.2) is 42.5 Å². The fraction of sp³-hybridized carbons (Fsp3) is 0.300. The molecule has 26 heavy (non-hydrogen) atoms. The van der Waals surface area contributed by atoms with Gasteiger partial charge in [0.2, 0.25) is 0 Å². The second kappa shape index (κ2) is 7.66. The smallest absolute Gasteiger partial charge is 0.313 e. The highest BCUT2D eigenvalue weighted by Gasteiger charge is 2.34. The van der Waals surface area contributed by atoms with Crippen molar-refractivity contribution >= 4 is 17.5 Å². The Morgan fingerprint density at radius 2 is 1.96 bits per heavy atom. The Morgan fingerprint density at radius 1 is 1.19 bits per heavy atom. The van der Waals surface area contributed by atoms with Gasteiger partial charge in [-0.3, -0.25) is 9.59 Å². The van der Waals surface area contributed by atoms with E-state index in [-0.39, 0.29) is 24.3 Å². The summed E-state index contributed by atoms with van der Waals surface area (Å²) in [6.07, 6.45) is 1.27. The summed E-state index contributed by atoms with van der Waals surface area (Å²) in [5.41, 5.74) is 2.76. The molecule has 0 spiro atoms. The number of anilines is 1. The van der Waals surface area contributed by atoms with Gasteiger partial charge in [0, 0.05) is 12.3 Å². The van der Waals surface area contributed by atoms with Gasteiger partial charge in [0.15, 0.2) is 0 Å².